The van der Waals surface area contributed by atoms with Gasteiger partial charge in [-0.25, -0.2) is 4.79 Å². The van der Waals surface area contributed by atoms with Crippen LogP contribution in [-0.4, -0.2) is 66.9 Å². The van der Waals surface area contributed by atoms with Crippen molar-refractivity contribution in [3.8, 4) is 0 Å². The highest BCUT2D eigenvalue weighted by Crippen LogP contribution is 2.19. The molecule has 0 bridgehead atoms. The Morgan fingerprint density at radius 3 is 2.94 bits per heavy atom. The Kier molecular flexibility index (Phi) is 4.76. The molecule has 5 nitrogen and oxygen atoms in total. The molecule has 1 aliphatic heterocycles. The number of likely N-dealkylation sites (tertiary alicyclic amines) is 1. The summed E-state index contributed by atoms with van der Waals surface area (Å²) in [5.74, 6) is 0. The fourth-order valence-electron chi connectivity index (χ4n) is 1.92. The van der Waals surface area contributed by atoms with Crippen molar-refractivity contribution in [1.82, 2.24) is 9.80 Å². The van der Waals surface area contributed by atoms with E-state index in [4.69, 9.17) is 4.74 Å². The van der Waals surface area contributed by atoms with Gasteiger partial charge in [0.25, 0.3) is 0 Å². The Morgan fingerprint density at radius 2 is 2.38 bits per heavy atom. The third-order valence-corrected chi connectivity index (χ3v) is 2.53. The molecule has 0 radical (unpaired) electrons. The summed E-state index contributed by atoms with van der Waals surface area (Å²) in [5, 5.41) is 9.57. The summed E-state index contributed by atoms with van der Waals surface area (Å²) in [6, 6.07) is 0.0299. The summed E-state index contributed by atoms with van der Waals surface area (Å²) in [6.07, 6.45) is 1.33. The van der Waals surface area contributed by atoms with Crippen LogP contribution in [0.3, 0.4) is 0 Å². The van der Waals surface area contributed by atoms with E-state index in [1.54, 1.807) is 4.90 Å². The Bertz CT molecular complexity index is 256. The molecule has 0 aromatic carbocycles. The van der Waals surface area contributed by atoms with Gasteiger partial charge in [0.05, 0.1) is 18.7 Å². The lowest BCUT2D eigenvalue weighted by Gasteiger charge is -2.25. The number of aliphatic hydroxyl groups excluding tert-OH is 1. The van der Waals surface area contributed by atoms with Crippen molar-refractivity contribution in [2.45, 2.75) is 18.6 Å². The van der Waals surface area contributed by atoms with Gasteiger partial charge in [-0.05, 0) is 20.5 Å². The van der Waals surface area contributed by atoms with E-state index in [2.05, 4.69) is 6.58 Å². The van der Waals surface area contributed by atoms with Gasteiger partial charge in [0, 0.05) is 6.54 Å². The molecule has 2 unspecified atom stereocenters. The summed E-state index contributed by atoms with van der Waals surface area (Å²) >= 11 is 0. The predicted molar refractivity (Wildman–Crippen MR) is 61.2 cm³/mol. The van der Waals surface area contributed by atoms with Crippen molar-refractivity contribution >= 4 is 6.09 Å². The van der Waals surface area contributed by atoms with Crippen molar-refractivity contribution in [2.75, 3.05) is 33.8 Å². The topological polar surface area (TPSA) is 53.0 Å². The molecule has 92 valence electrons. The lowest BCUT2D eigenvalue weighted by Crippen LogP contribution is -2.41. The van der Waals surface area contributed by atoms with Gasteiger partial charge in [-0.2, -0.15) is 0 Å². The summed E-state index contributed by atoms with van der Waals surface area (Å²) in [5.41, 5.74) is 0. The second-order valence-electron chi connectivity index (χ2n) is 4.32. The molecule has 0 aromatic heterocycles. The Labute approximate surface area is 96.3 Å². The first kappa shape index (κ1) is 13.0. The van der Waals surface area contributed by atoms with Crippen LogP contribution in [0.4, 0.5) is 4.79 Å². The summed E-state index contributed by atoms with van der Waals surface area (Å²) in [7, 11) is 3.88. The molecule has 0 aliphatic carbocycles. The number of hydrogen-bond donors (Lipinski definition) is 1. The normalized spacial score (nSPS) is 24.9. The van der Waals surface area contributed by atoms with Gasteiger partial charge in [0.1, 0.15) is 6.61 Å². The number of β-amino-alcohol motifs (C(OH)–C–C–N with tert-alkyl or cyclic N) is 1. The zero-order valence-corrected chi connectivity index (χ0v) is 9.93. The largest absolute Gasteiger partial charge is 0.445 e. The molecule has 0 saturated carbocycles. The molecule has 1 heterocycles. The van der Waals surface area contributed by atoms with E-state index < -0.39 is 6.10 Å². The maximum absolute atomic E-state index is 11.7. The molecule has 5 heteroatoms. The maximum atomic E-state index is 11.7. The second-order valence-corrected chi connectivity index (χ2v) is 4.32. The standard InChI is InChI=1S/C11H20N2O3/c1-4-5-16-11(15)13-8-10(14)6-9(13)7-12(2)3/h4,9-10,14H,1,5-8H2,2-3H3. The average Bonchev–Trinajstić information content (AvgIpc) is 2.55. The number of rotatable bonds is 4. The summed E-state index contributed by atoms with van der Waals surface area (Å²) < 4.78 is 4.97. The van der Waals surface area contributed by atoms with Gasteiger partial charge < -0.3 is 19.6 Å². The fraction of sp³-hybridized carbons (Fsp3) is 0.727. The van der Waals surface area contributed by atoms with Crippen LogP contribution in [0.1, 0.15) is 6.42 Å². The molecular weight excluding hydrogens is 208 g/mol. The zero-order valence-electron chi connectivity index (χ0n) is 9.93. The van der Waals surface area contributed by atoms with Gasteiger partial charge in [-0.1, -0.05) is 12.7 Å². The highest BCUT2D eigenvalue weighted by Gasteiger charge is 2.35. The quantitative estimate of drug-likeness (QED) is 0.703. The molecule has 1 amide bonds. The molecule has 2 atom stereocenters. The number of likely N-dealkylation sites (N-methyl/N-ethyl adjacent to an activating group) is 1. The zero-order chi connectivity index (χ0) is 12.1. The van der Waals surface area contributed by atoms with E-state index in [0.717, 1.165) is 6.54 Å². The van der Waals surface area contributed by atoms with E-state index in [9.17, 15) is 9.90 Å². The van der Waals surface area contributed by atoms with Gasteiger partial charge in [0.2, 0.25) is 0 Å². The molecule has 1 fully saturated rings. The van der Waals surface area contributed by atoms with Crippen molar-refractivity contribution in [2.24, 2.45) is 0 Å². The average molecular weight is 228 g/mol. The number of amides is 1. The molecule has 16 heavy (non-hydrogen) atoms. The third-order valence-electron chi connectivity index (χ3n) is 2.53. The van der Waals surface area contributed by atoms with Crippen LogP contribution in [0.5, 0.6) is 0 Å². The SMILES string of the molecule is C=CCOC(=O)N1CC(O)CC1CN(C)C. The Balaban J connectivity index is 2.54. The van der Waals surface area contributed by atoms with Crippen LogP contribution in [0.25, 0.3) is 0 Å². The second kappa shape index (κ2) is 5.86. The van der Waals surface area contributed by atoms with Gasteiger partial charge >= 0.3 is 6.09 Å². The van der Waals surface area contributed by atoms with Crippen LogP contribution in [0, 0.1) is 0 Å². The maximum Gasteiger partial charge on any atom is 0.410 e. The van der Waals surface area contributed by atoms with Gasteiger partial charge in [-0.3, -0.25) is 0 Å². The molecule has 1 N–H and O–H groups in total. The fourth-order valence-corrected chi connectivity index (χ4v) is 1.92. The number of carbonyl (C=O) groups excluding carboxylic acids is 1. The lowest BCUT2D eigenvalue weighted by atomic mass is 10.2. The number of hydrogen-bond acceptors (Lipinski definition) is 4. The minimum absolute atomic E-state index is 0.0299. The highest BCUT2D eigenvalue weighted by molar-refractivity contribution is 5.68. The Hall–Kier alpha value is -1.07. The molecule has 1 saturated heterocycles. The predicted octanol–water partition coefficient (Wildman–Crippen LogP) is 0.306. The van der Waals surface area contributed by atoms with E-state index in [-0.39, 0.29) is 18.7 Å². The van der Waals surface area contributed by atoms with Crippen LogP contribution < -0.4 is 0 Å². The van der Waals surface area contributed by atoms with Crippen molar-refractivity contribution < 1.29 is 14.6 Å². The summed E-state index contributed by atoms with van der Waals surface area (Å²) in [6.45, 7) is 4.79. The summed E-state index contributed by atoms with van der Waals surface area (Å²) in [4.78, 5) is 15.3. The number of ether oxygens (including phenoxy) is 1. The smallest absolute Gasteiger partial charge is 0.410 e. The van der Waals surface area contributed by atoms with E-state index in [1.807, 2.05) is 19.0 Å². The molecule has 0 aromatic rings. The van der Waals surface area contributed by atoms with E-state index in [0.29, 0.717) is 13.0 Å². The minimum atomic E-state index is -0.443. The van der Waals surface area contributed by atoms with Crippen molar-refractivity contribution in [3.63, 3.8) is 0 Å². The number of nitrogens with zero attached hydrogens (tertiary/aromatic N) is 2. The van der Waals surface area contributed by atoms with Crippen molar-refractivity contribution in [1.29, 1.82) is 0 Å². The van der Waals surface area contributed by atoms with Crippen LogP contribution in [-0.2, 0) is 4.74 Å². The molecular formula is C11H20N2O3. The van der Waals surface area contributed by atoms with E-state index >= 15 is 0 Å². The van der Waals surface area contributed by atoms with Crippen molar-refractivity contribution in [3.05, 3.63) is 12.7 Å². The minimum Gasteiger partial charge on any atom is -0.445 e. The highest BCUT2D eigenvalue weighted by atomic mass is 16.6. The molecule has 1 rings (SSSR count). The molecule has 1 aliphatic rings. The molecule has 0 spiro atoms. The van der Waals surface area contributed by atoms with Gasteiger partial charge in [-0.15, -0.1) is 0 Å². The number of aliphatic hydroxyl groups is 1. The lowest BCUT2D eigenvalue weighted by molar-refractivity contribution is 0.0981. The van der Waals surface area contributed by atoms with Crippen LogP contribution >= 0.6 is 0 Å². The van der Waals surface area contributed by atoms with Gasteiger partial charge in [0.15, 0.2) is 0 Å². The third kappa shape index (κ3) is 3.50. The number of carbonyl (C=O) groups is 1. The first-order valence-electron chi connectivity index (χ1n) is 5.41. The van der Waals surface area contributed by atoms with Crippen LogP contribution in [0.2, 0.25) is 0 Å². The van der Waals surface area contributed by atoms with Crippen LogP contribution in [0.15, 0.2) is 12.7 Å². The Morgan fingerprint density at radius 1 is 1.69 bits per heavy atom. The first-order valence-corrected chi connectivity index (χ1v) is 5.41. The monoisotopic (exact) mass is 228 g/mol. The van der Waals surface area contributed by atoms with E-state index in [1.165, 1.54) is 6.08 Å². The first-order chi connectivity index (χ1) is 7.54.